The molecule has 4 rings (SSSR count). The molecule has 2 aliphatic rings. The minimum atomic E-state index is -0.882. The predicted octanol–water partition coefficient (Wildman–Crippen LogP) is 2.77. The van der Waals surface area contributed by atoms with Crippen LogP contribution in [0.25, 0.3) is 0 Å². The number of fused-ring (bicyclic) bond motifs is 1. The molecular formula is C23H27NO3. The second kappa shape index (κ2) is 7.45. The van der Waals surface area contributed by atoms with Crippen LogP contribution in [0.4, 0.5) is 0 Å². The number of ether oxygens (including phenoxy) is 1. The molecule has 27 heavy (non-hydrogen) atoms. The summed E-state index contributed by atoms with van der Waals surface area (Å²) in [6.07, 6.45) is 3.45. The highest BCUT2D eigenvalue weighted by Crippen LogP contribution is 2.35. The van der Waals surface area contributed by atoms with Crippen molar-refractivity contribution >= 4 is 5.91 Å². The van der Waals surface area contributed by atoms with Gasteiger partial charge in [0.25, 0.3) is 0 Å². The molecule has 4 heteroatoms. The van der Waals surface area contributed by atoms with Crippen molar-refractivity contribution in [2.45, 2.75) is 43.1 Å². The minimum absolute atomic E-state index is 0.00397. The molecule has 142 valence electrons. The Morgan fingerprint density at radius 3 is 2.37 bits per heavy atom. The van der Waals surface area contributed by atoms with E-state index in [4.69, 9.17) is 4.74 Å². The smallest absolute Gasteiger partial charge is 0.230 e. The van der Waals surface area contributed by atoms with Crippen LogP contribution in [-0.4, -0.2) is 36.4 Å². The molecule has 2 aromatic carbocycles. The number of hydrogen-bond donors (Lipinski definition) is 2. The number of amides is 1. The molecular weight excluding hydrogens is 338 g/mol. The zero-order valence-corrected chi connectivity index (χ0v) is 15.6. The van der Waals surface area contributed by atoms with Gasteiger partial charge in [0.05, 0.1) is 11.0 Å². The van der Waals surface area contributed by atoms with Crippen LogP contribution in [0, 0.1) is 0 Å². The number of aryl methyl sites for hydroxylation is 1. The van der Waals surface area contributed by atoms with Gasteiger partial charge in [0.2, 0.25) is 5.91 Å². The molecule has 1 saturated heterocycles. The van der Waals surface area contributed by atoms with Crippen molar-refractivity contribution in [1.82, 2.24) is 5.32 Å². The third-order valence-electron chi connectivity index (χ3n) is 6.18. The van der Waals surface area contributed by atoms with E-state index in [1.807, 2.05) is 42.5 Å². The van der Waals surface area contributed by atoms with Gasteiger partial charge in [0.15, 0.2) is 0 Å². The first-order valence-corrected chi connectivity index (χ1v) is 9.82. The SMILES string of the molecule is O=C(NC[C@]1(O)CCc2ccccc2C1)C1(c2ccccc2)CCOCC1. The van der Waals surface area contributed by atoms with Gasteiger partial charge in [-0.15, -0.1) is 0 Å². The Hall–Kier alpha value is -2.17. The van der Waals surface area contributed by atoms with Crippen LogP contribution in [-0.2, 0) is 27.8 Å². The Morgan fingerprint density at radius 2 is 1.63 bits per heavy atom. The minimum Gasteiger partial charge on any atom is -0.388 e. The highest BCUT2D eigenvalue weighted by molar-refractivity contribution is 5.88. The maximum atomic E-state index is 13.3. The molecule has 0 radical (unpaired) electrons. The van der Waals surface area contributed by atoms with Gasteiger partial charge in [-0.25, -0.2) is 0 Å². The summed E-state index contributed by atoms with van der Waals surface area (Å²) in [5.41, 5.74) is 2.07. The van der Waals surface area contributed by atoms with Gasteiger partial charge in [-0.05, 0) is 42.4 Å². The summed E-state index contributed by atoms with van der Waals surface area (Å²) in [6, 6.07) is 18.2. The van der Waals surface area contributed by atoms with E-state index in [1.165, 1.54) is 11.1 Å². The van der Waals surface area contributed by atoms with Gasteiger partial charge in [-0.2, -0.15) is 0 Å². The van der Waals surface area contributed by atoms with Crippen LogP contribution in [0.5, 0.6) is 0 Å². The maximum Gasteiger partial charge on any atom is 0.230 e. The van der Waals surface area contributed by atoms with Crippen LogP contribution in [0.1, 0.15) is 36.0 Å². The van der Waals surface area contributed by atoms with Gasteiger partial charge in [-0.1, -0.05) is 54.6 Å². The first kappa shape index (κ1) is 18.2. The van der Waals surface area contributed by atoms with E-state index in [0.717, 1.165) is 12.0 Å². The van der Waals surface area contributed by atoms with Crippen LogP contribution >= 0.6 is 0 Å². The fourth-order valence-electron chi connectivity index (χ4n) is 4.47. The third-order valence-corrected chi connectivity index (χ3v) is 6.18. The number of hydrogen-bond acceptors (Lipinski definition) is 3. The van der Waals surface area contributed by atoms with Crippen molar-refractivity contribution in [2.24, 2.45) is 0 Å². The van der Waals surface area contributed by atoms with E-state index in [1.54, 1.807) is 0 Å². The van der Waals surface area contributed by atoms with E-state index in [0.29, 0.717) is 38.9 Å². The lowest BCUT2D eigenvalue weighted by Crippen LogP contribution is -2.53. The van der Waals surface area contributed by atoms with Crippen LogP contribution < -0.4 is 5.32 Å². The Balaban J connectivity index is 1.49. The number of carbonyl (C=O) groups excluding carboxylic acids is 1. The summed E-state index contributed by atoms with van der Waals surface area (Å²) in [6.45, 7) is 1.45. The Bertz CT molecular complexity index is 798. The van der Waals surface area contributed by atoms with E-state index >= 15 is 0 Å². The molecule has 0 saturated carbocycles. The summed E-state index contributed by atoms with van der Waals surface area (Å²) in [5, 5.41) is 14.2. The average molecular weight is 365 g/mol. The second-order valence-electron chi connectivity index (χ2n) is 7.91. The van der Waals surface area contributed by atoms with Crippen LogP contribution in [0.2, 0.25) is 0 Å². The van der Waals surface area contributed by atoms with Crippen molar-refractivity contribution in [3.05, 3.63) is 71.3 Å². The number of carbonyl (C=O) groups is 1. The summed E-state index contributed by atoms with van der Waals surface area (Å²) < 4.78 is 5.52. The fourth-order valence-corrected chi connectivity index (χ4v) is 4.47. The fraction of sp³-hybridized carbons (Fsp3) is 0.435. The van der Waals surface area contributed by atoms with Crippen molar-refractivity contribution in [3.8, 4) is 0 Å². The molecule has 2 aromatic rings. The maximum absolute atomic E-state index is 13.3. The summed E-state index contributed by atoms with van der Waals surface area (Å²) in [7, 11) is 0. The quantitative estimate of drug-likeness (QED) is 0.876. The van der Waals surface area contributed by atoms with E-state index in [-0.39, 0.29) is 12.5 Å². The van der Waals surface area contributed by atoms with Crippen molar-refractivity contribution in [3.63, 3.8) is 0 Å². The van der Waals surface area contributed by atoms with E-state index in [2.05, 4.69) is 17.4 Å². The number of rotatable bonds is 4. The standard InChI is InChI=1S/C23H27NO3/c25-21(23(12-14-27-15-13-23)20-8-2-1-3-9-20)24-17-22(26)11-10-18-6-4-5-7-19(18)16-22/h1-9,26H,10-17H2,(H,24,25)/t22-/m0/s1. The topological polar surface area (TPSA) is 58.6 Å². The molecule has 0 unspecified atom stereocenters. The highest BCUT2D eigenvalue weighted by atomic mass is 16.5. The lowest BCUT2D eigenvalue weighted by atomic mass is 9.73. The first-order valence-electron chi connectivity index (χ1n) is 9.82. The number of benzene rings is 2. The van der Waals surface area contributed by atoms with Gasteiger partial charge in [0.1, 0.15) is 0 Å². The first-order chi connectivity index (χ1) is 13.1. The molecule has 1 fully saturated rings. The second-order valence-corrected chi connectivity index (χ2v) is 7.91. The lowest BCUT2D eigenvalue weighted by molar-refractivity contribution is -0.131. The van der Waals surface area contributed by atoms with Crippen molar-refractivity contribution in [1.29, 1.82) is 0 Å². The molecule has 1 heterocycles. The van der Waals surface area contributed by atoms with Crippen molar-refractivity contribution < 1.29 is 14.6 Å². The van der Waals surface area contributed by atoms with Gasteiger partial charge >= 0.3 is 0 Å². The summed E-state index contributed by atoms with van der Waals surface area (Å²) in [4.78, 5) is 13.3. The molecule has 1 aliphatic heterocycles. The van der Waals surface area contributed by atoms with Gasteiger partial charge < -0.3 is 15.2 Å². The van der Waals surface area contributed by atoms with Crippen LogP contribution in [0.3, 0.4) is 0 Å². The monoisotopic (exact) mass is 365 g/mol. The zero-order valence-electron chi connectivity index (χ0n) is 15.6. The Kier molecular flexibility index (Phi) is 5.02. The molecule has 0 aromatic heterocycles. The normalized spacial score (nSPS) is 24.0. The molecule has 0 spiro atoms. The van der Waals surface area contributed by atoms with E-state index in [9.17, 15) is 9.90 Å². The van der Waals surface area contributed by atoms with Gasteiger partial charge in [-0.3, -0.25) is 4.79 Å². The largest absolute Gasteiger partial charge is 0.388 e. The highest BCUT2D eigenvalue weighted by Gasteiger charge is 2.42. The molecule has 1 amide bonds. The molecule has 0 bridgehead atoms. The van der Waals surface area contributed by atoms with E-state index < -0.39 is 11.0 Å². The number of aliphatic hydroxyl groups is 1. The Morgan fingerprint density at radius 1 is 0.963 bits per heavy atom. The molecule has 4 nitrogen and oxygen atoms in total. The number of nitrogens with one attached hydrogen (secondary N) is 1. The summed E-state index contributed by atoms with van der Waals surface area (Å²) in [5.74, 6) is 0.00397. The van der Waals surface area contributed by atoms with Crippen LogP contribution in [0.15, 0.2) is 54.6 Å². The summed E-state index contributed by atoms with van der Waals surface area (Å²) >= 11 is 0. The lowest BCUT2D eigenvalue weighted by Gasteiger charge is -2.38. The predicted molar refractivity (Wildman–Crippen MR) is 105 cm³/mol. The average Bonchev–Trinajstić information content (AvgIpc) is 2.73. The molecule has 1 aliphatic carbocycles. The van der Waals surface area contributed by atoms with Crippen molar-refractivity contribution in [2.75, 3.05) is 19.8 Å². The van der Waals surface area contributed by atoms with Gasteiger partial charge in [0, 0.05) is 26.2 Å². The zero-order chi connectivity index (χ0) is 18.7. The molecule has 2 N–H and O–H groups in total. The molecule has 1 atom stereocenters. The third kappa shape index (κ3) is 3.64. The Labute approximate surface area is 160 Å².